The maximum atomic E-state index is 12.6. The van der Waals surface area contributed by atoms with E-state index < -0.39 is 5.66 Å². The molecule has 2 aliphatic heterocycles. The highest BCUT2D eigenvalue weighted by Gasteiger charge is 2.42. The number of aliphatic imine (C=N–C) groups is 2. The number of amides is 1. The summed E-state index contributed by atoms with van der Waals surface area (Å²) in [5.41, 5.74) is 13.7. The van der Waals surface area contributed by atoms with Crippen molar-refractivity contribution in [3.63, 3.8) is 0 Å². The number of carbonyl (C=O) groups is 1. The number of hydrogen-bond donors (Lipinski definition) is 2. The van der Waals surface area contributed by atoms with Crippen LogP contribution in [-0.2, 0) is 0 Å². The molecule has 3 heterocycles. The normalized spacial score (nSPS) is 20.6. The lowest BCUT2D eigenvalue weighted by Crippen LogP contribution is -2.58. The predicted octanol–water partition coefficient (Wildman–Crippen LogP) is 3.47. The van der Waals surface area contributed by atoms with Gasteiger partial charge in [-0.1, -0.05) is 24.1 Å². The Morgan fingerprint density at radius 3 is 2.48 bits per heavy atom. The van der Waals surface area contributed by atoms with Crippen molar-refractivity contribution in [3.8, 4) is 0 Å². The Balaban J connectivity index is 1.34. The number of guanidine groups is 2. The molecule has 3 aliphatic rings. The number of anilines is 2. The molecule has 174 valence electrons. The zero-order valence-electron chi connectivity index (χ0n) is 18.4. The van der Waals surface area contributed by atoms with Gasteiger partial charge in [-0.05, 0) is 55.3 Å². The van der Waals surface area contributed by atoms with Gasteiger partial charge in [0.05, 0.1) is 15.6 Å². The van der Waals surface area contributed by atoms with Crippen LogP contribution in [0.2, 0.25) is 5.02 Å². The van der Waals surface area contributed by atoms with E-state index in [9.17, 15) is 4.79 Å². The molecule has 8 nitrogen and oxygen atoms in total. The van der Waals surface area contributed by atoms with Crippen LogP contribution in [0.3, 0.4) is 0 Å². The topological polar surface area (TPSA) is 104 Å². The van der Waals surface area contributed by atoms with Gasteiger partial charge >= 0.3 is 0 Å². The van der Waals surface area contributed by atoms with Crippen molar-refractivity contribution >= 4 is 52.1 Å². The minimum atomic E-state index is -0.493. The molecule has 4 N–H and O–H groups in total. The number of halogens is 1. The Morgan fingerprint density at radius 1 is 1.06 bits per heavy atom. The number of nitrogens with zero attached hydrogens (tertiary/aromatic N) is 5. The summed E-state index contributed by atoms with van der Waals surface area (Å²) in [4.78, 5) is 28.5. The Hall–Kier alpha value is -2.78. The molecule has 0 bridgehead atoms. The number of rotatable bonds is 3. The van der Waals surface area contributed by atoms with Crippen molar-refractivity contribution in [2.45, 2.75) is 37.8 Å². The molecule has 2 aromatic rings. The van der Waals surface area contributed by atoms with Crippen molar-refractivity contribution in [3.05, 3.63) is 45.6 Å². The summed E-state index contributed by atoms with van der Waals surface area (Å²) in [5, 5.41) is 2.58. The van der Waals surface area contributed by atoms with E-state index in [1.807, 2.05) is 45.5 Å². The third-order valence-corrected chi connectivity index (χ3v) is 7.84. The summed E-state index contributed by atoms with van der Waals surface area (Å²) in [6.45, 7) is 2.79. The van der Waals surface area contributed by atoms with Gasteiger partial charge in [0.25, 0.3) is 5.91 Å². The smallest absolute Gasteiger partial charge is 0.264 e. The zero-order valence-corrected chi connectivity index (χ0v) is 20.0. The zero-order chi connectivity index (χ0) is 23.0. The quantitative estimate of drug-likeness (QED) is 0.692. The third kappa shape index (κ3) is 4.15. The highest BCUT2D eigenvalue weighted by Crippen LogP contribution is 2.41. The minimum absolute atomic E-state index is 0.101. The average molecular weight is 486 g/mol. The van der Waals surface area contributed by atoms with Gasteiger partial charge in [-0.25, -0.2) is 4.99 Å². The molecule has 1 aliphatic carbocycles. The summed E-state index contributed by atoms with van der Waals surface area (Å²) >= 11 is 8.26. The largest absolute Gasteiger partial charge is 0.369 e. The third-order valence-electron chi connectivity index (χ3n) is 6.68. The van der Waals surface area contributed by atoms with Crippen molar-refractivity contribution < 1.29 is 4.79 Å². The molecular weight excluding hydrogens is 458 g/mol. The van der Waals surface area contributed by atoms with E-state index >= 15 is 0 Å². The molecule has 1 aromatic carbocycles. The highest BCUT2D eigenvalue weighted by atomic mass is 35.5. The monoisotopic (exact) mass is 485 g/mol. The predicted molar refractivity (Wildman–Crippen MR) is 135 cm³/mol. The van der Waals surface area contributed by atoms with Crippen molar-refractivity contribution in [2.75, 3.05) is 36.0 Å². The lowest BCUT2D eigenvalue weighted by atomic mass is 9.87. The maximum Gasteiger partial charge on any atom is 0.264 e. The minimum Gasteiger partial charge on any atom is -0.369 e. The molecule has 0 atom stereocenters. The van der Waals surface area contributed by atoms with Crippen LogP contribution in [-0.4, -0.2) is 54.6 Å². The van der Waals surface area contributed by atoms with Crippen molar-refractivity contribution in [2.24, 2.45) is 21.5 Å². The standard InChI is InChI=1S/C23H28ClN7OS/c24-17-15-16(31-22(26)27-21(25)28-23(31)8-2-1-3-9-23)6-7-18(17)29-10-12-30(13-11-29)20(32)19-5-4-14-33-19/h4-7,14-15H,1-3,8-13H2,(H4,25,26,27,28). The summed E-state index contributed by atoms with van der Waals surface area (Å²) in [7, 11) is 0. The lowest BCUT2D eigenvalue weighted by molar-refractivity contribution is 0.0751. The van der Waals surface area contributed by atoms with Gasteiger partial charge < -0.3 is 21.3 Å². The fourth-order valence-corrected chi connectivity index (χ4v) is 6.08. The fraction of sp³-hybridized carbons (Fsp3) is 0.435. The summed E-state index contributed by atoms with van der Waals surface area (Å²) in [5.74, 6) is 0.695. The lowest BCUT2D eigenvalue weighted by Gasteiger charge is -2.45. The van der Waals surface area contributed by atoms with E-state index in [0.717, 1.165) is 55.0 Å². The van der Waals surface area contributed by atoms with Crippen LogP contribution in [0.25, 0.3) is 0 Å². The number of nitrogens with two attached hydrogens (primary N) is 2. The molecule has 0 unspecified atom stereocenters. The Labute approximate surface area is 202 Å². The van der Waals surface area contributed by atoms with E-state index in [1.165, 1.54) is 17.8 Å². The van der Waals surface area contributed by atoms with Gasteiger partial charge in [0.1, 0.15) is 5.66 Å². The Bertz CT molecular complexity index is 1090. The van der Waals surface area contributed by atoms with Crippen LogP contribution < -0.4 is 21.3 Å². The summed E-state index contributed by atoms with van der Waals surface area (Å²) in [6.07, 6.45) is 5.08. The van der Waals surface area contributed by atoms with Gasteiger partial charge in [0, 0.05) is 31.9 Å². The Kier molecular flexibility index (Phi) is 5.92. The van der Waals surface area contributed by atoms with E-state index in [0.29, 0.717) is 24.1 Å². The highest BCUT2D eigenvalue weighted by molar-refractivity contribution is 7.12. The van der Waals surface area contributed by atoms with Gasteiger partial charge in [0.15, 0.2) is 0 Å². The second-order valence-electron chi connectivity index (χ2n) is 8.71. The van der Waals surface area contributed by atoms with E-state index in [1.54, 1.807) is 0 Å². The second kappa shape index (κ2) is 8.87. The molecule has 1 amide bonds. The van der Waals surface area contributed by atoms with Gasteiger partial charge in [-0.2, -0.15) is 4.99 Å². The van der Waals surface area contributed by atoms with Crippen LogP contribution in [0.5, 0.6) is 0 Å². The summed E-state index contributed by atoms with van der Waals surface area (Å²) < 4.78 is 0. The SMILES string of the molecule is NC1=NC2(CCCCC2)N(c2ccc(N3CCN(C(=O)c4cccs4)CC3)c(Cl)c2)C(N)=N1. The summed E-state index contributed by atoms with van der Waals surface area (Å²) in [6, 6.07) is 9.78. The molecular formula is C23H28ClN7OS. The van der Waals surface area contributed by atoms with Crippen LogP contribution >= 0.6 is 22.9 Å². The van der Waals surface area contributed by atoms with Gasteiger partial charge in [-0.15, -0.1) is 11.3 Å². The number of carbonyl (C=O) groups excluding carboxylic acids is 1. The average Bonchev–Trinajstić information content (AvgIpc) is 3.34. The molecule has 1 saturated heterocycles. The molecule has 33 heavy (non-hydrogen) atoms. The first kappa shape index (κ1) is 22.0. The molecule has 1 aromatic heterocycles. The molecule has 1 saturated carbocycles. The molecule has 10 heteroatoms. The first-order chi connectivity index (χ1) is 16.0. The van der Waals surface area contributed by atoms with E-state index in [-0.39, 0.29) is 11.9 Å². The number of piperazine rings is 1. The molecule has 1 spiro atoms. The van der Waals surface area contributed by atoms with Gasteiger partial charge in [0.2, 0.25) is 11.9 Å². The van der Waals surface area contributed by atoms with Crippen molar-refractivity contribution in [1.82, 2.24) is 4.90 Å². The van der Waals surface area contributed by atoms with E-state index in [2.05, 4.69) is 9.89 Å². The van der Waals surface area contributed by atoms with Gasteiger partial charge in [-0.3, -0.25) is 9.69 Å². The number of thiophene rings is 1. The first-order valence-corrected chi connectivity index (χ1v) is 12.6. The van der Waals surface area contributed by atoms with Crippen LogP contribution in [0.15, 0.2) is 45.7 Å². The first-order valence-electron chi connectivity index (χ1n) is 11.3. The maximum absolute atomic E-state index is 12.6. The van der Waals surface area contributed by atoms with E-state index in [4.69, 9.17) is 28.1 Å². The molecule has 0 radical (unpaired) electrons. The van der Waals surface area contributed by atoms with Crippen LogP contribution in [0.1, 0.15) is 41.8 Å². The second-order valence-corrected chi connectivity index (χ2v) is 10.1. The number of hydrogen-bond acceptors (Lipinski definition) is 8. The van der Waals surface area contributed by atoms with Crippen molar-refractivity contribution in [1.29, 1.82) is 0 Å². The van der Waals surface area contributed by atoms with Crippen LogP contribution in [0, 0.1) is 0 Å². The molecule has 5 rings (SSSR count). The number of benzene rings is 1. The fourth-order valence-electron chi connectivity index (χ4n) is 5.09. The molecule has 2 fully saturated rings. The Morgan fingerprint density at radius 2 is 1.82 bits per heavy atom. The van der Waals surface area contributed by atoms with Crippen LogP contribution in [0.4, 0.5) is 11.4 Å².